The molecule has 0 radical (unpaired) electrons. The van der Waals surface area contributed by atoms with Crippen molar-refractivity contribution in [1.82, 2.24) is 4.90 Å². The number of hydrogen-bond acceptors (Lipinski definition) is 4. The lowest BCUT2D eigenvalue weighted by molar-refractivity contribution is -0.138. The number of likely N-dealkylation sites (N-methyl/N-ethyl adjacent to an activating group) is 1. The predicted molar refractivity (Wildman–Crippen MR) is 80.0 cm³/mol. The van der Waals surface area contributed by atoms with Gasteiger partial charge in [0.25, 0.3) is 0 Å². The monoisotopic (exact) mass is 293 g/mol. The van der Waals surface area contributed by atoms with Gasteiger partial charge in [-0.15, -0.1) is 0 Å². The molecule has 5 heteroatoms. The van der Waals surface area contributed by atoms with E-state index in [1.165, 1.54) is 0 Å². The maximum absolute atomic E-state index is 10.9. The van der Waals surface area contributed by atoms with Gasteiger partial charge in [-0.1, -0.05) is 6.92 Å². The first-order chi connectivity index (χ1) is 10.0. The van der Waals surface area contributed by atoms with Crippen LogP contribution >= 0.6 is 0 Å². The second kappa shape index (κ2) is 6.80. The quantitative estimate of drug-likeness (QED) is 0.836. The van der Waals surface area contributed by atoms with Crippen LogP contribution in [0.2, 0.25) is 0 Å². The van der Waals surface area contributed by atoms with Crippen LogP contribution in [0.3, 0.4) is 0 Å². The molecule has 1 heterocycles. The lowest BCUT2D eigenvalue weighted by atomic mass is 10.1. The zero-order valence-corrected chi connectivity index (χ0v) is 12.9. The molecule has 1 N–H and O–H groups in total. The van der Waals surface area contributed by atoms with E-state index in [9.17, 15) is 4.79 Å². The van der Waals surface area contributed by atoms with Gasteiger partial charge >= 0.3 is 5.97 Å². The summed E-state index contributed by atoms with van der Waals surface area (Å²) in [6.45, 7) is 7.78. The summed E-state index contributed by atoms with van der Waals surface area (Å²) < 4.78 is 11.5. The van der Waals surface area contributed by atoms with E-state index in [1.54, 1.807) is 0 Å². The number of carboxylic acid groups (broad SMARTS) is 1. The van der Waals surface area contributed by atoms with Crippen LogP contribution in [0.1, 0.15) is 31.9 Å². The molecular weight excluding hydrogens is 270 g/mol. The summed E-state index contributed by atoms with van der Waals surface area (Å²) in [5.74, 6) is 0.908. The minimum atomic E-state index is -0.819. The highest BCUT2D eigenvalue weighted by atomic mass is 16.5. The fourth-order valence-corrected chi connectivity index (χ4v) is 2.61. The van der Waals surface area contributed by atoms with E-state index in [0.717, 1.165) is 29.0 Å². The second-order valence-electron chi connectivity index (χ2n) is 5.33. The number of aliphatic carboxylic acids is 1. The molecule has 0 bridgehead atoms. The molecule has 1 atom stereocenters. The third-order valence-electron chi connectivity index (χ3n) is 3.58. The van der Waals surface area contributed by atoms with Gasteiger partial charge in [0.05, 0.1) is 13.2 Å². The van der Waals surface area contributed by atoms with Crippen LogP contribution < -0.4 is 9.47 Å². The molecule has 1 aliphatic heterocycles. The van der Waals surface area contributed by atoms with Gasteiger partial charge in [-0.05, 0) is 32.5 Å². The molecule has 21 heavy (non-hydrogen) atoms. The van der Waals surface area contributed by atoms with Crippen LogP contribution in [-0.2, 0) is 17.8 Å². The molecule has 1 aliphatic rings. The van der Waals surface area contributed by atoms with Crippen LogP contribution in [0.15, 0.2) is 12.1 Å². The van der Waals surface area contributed by atoms with Crippen molar-refractivity contribution >= 4 is 5.97 Å². The number of nitrogens with zero attached hydrogens (tertiary/aromatic N) is 1. The average Bonchev–Trinajstić information content (AvgIpc) is 2.77. The molecule has 0 fully saturated rings. The van der Waals surface area contributed by atoms with Crippen LogP contribution in [0, 0.1) is 0 Å². The first kappa shape index (κ1) is 15.6. The molecule has 0 spiro atoms. The first-order valence-corrected chi connectivity index (χ1v) is 7.42. The molecule has 1 aromatic rings. The predicted octanol–water partition coefficient (Wildman–Crippen LogP) is 2.32. The molecule has 0 saturated heterocycles. The highest BCUT2D eigenvalue weighted by Gasteiger charge is 2.22. The number of fused-ring (bicyclic) bond motifs is 1. The second-order valence-corrected chi connectivity index (χ2v) is 5.33. The molecule has 116 valence electrons. The SMILES string of the molecule is CCOc1cc2c(cc1CN(CC)CC(=O)O)OC(C)C2. The molecule has 0 aromatic heterocycles. The van der Waals surface area contributed by atoms with Gasteiger partial charge in [0.15, 0.2) is 0 Å². The fraction of sp³-hybridized carbons (Fsp3) is 0.562. The topological polar surface area (TPSA) is 59.0 Å². The van der Waals surface area contributed by atoms with Crippen molar-refractivity contribution in [2.24, 2.45) is 0 Å². The number of ether oxygens (including phenoxy) is 2. The Morgan fingerprint density at radius 2 is 2.24 bits per heavy atom. The molecule has 5 nitrogen and oxygen atoms in total. The van der Waals surface area contributed by atoms with Crippen LogP contribution in [0.4, 0.5) is 0 Å². The Kier molecular flexibility index (Phi) is 5.07. The van der Waals surface area contributed by atoms with Crippen LogP contribution in [0.5, 0.6) is 11.5 Å². The molecular formula is C16H23NO4. The zero-order chi connectivity index (χ0) is 15.4. The Bertz CT molecular complexity index is 515. The van der Waals surface area contributed by atoms with E-state index in [4.69, 9.17) is 14.6 Å². The molecule has 0 aliphatic carbocycles. The number of benzene rings is 1. The first-order valence-electron chi connectivity index (χ1n) is 7.42. The molecule has 1 aromatic carbocycles. The van der Waals surface area contributed by atoms with Crippen molar-refractivity contribution in [3.8, 4) is 11.5 Å². The summed E-state index contributed by atoms with van der Waals surface area (Å²) in [7, 11) is 0. The van der Waals surface area contributed by atoms with Crippen molar-refractivity contribution in [3.05, 3.63) is 23.3 Å². The maximum Gasteiger partial charge on any atom is 0.317 e. The summed E-state index contributed by atoms with van der Waals surface area (Å²) in [6, 6.07) is 4.03. The standard InChI is InChI=1S/C16H23NO4/c1-4-17(10-16(18)19)9-13-8-15-12(6-11(3)21-15)7-14(13)20-5-2/h7-8,11H,4-6,9-10H2,1-3H3,(H,18,19). The maximum atomic E-state index is 10.9. The van der Waals surface area contributed by atoms with E-state index < -0.39 is 5.97 Å². The Morgan fingerprint density at radius 1 is 1.48 bits per heavy atom. The average molecular weight is 293 g/mol. The number of carbonyl (C=O) groups is 1. The number of rotatable bonds is 7. The molecule has 0 saturated carbocycles. The Labute approximate surface area is 125 Å². The molecule has 0 amide bonds. The minimum Gasteiger partial charge on any atom is -0.494 e. The largest absolute Gasteiger partial charge is 0.494 e. The lowest BCUT2D eigenvalue weighted by Crippen LogP contribution is -2.29. The third kappa shape index (κ3) is 3.88. The number of carboxylic acids is 1. The van der Waals surface area contributed by atoms with E-state index in [0.29, 0.717) is 19.7 Å². The summed E-state index contributed by atoms with van der Waals surface area (Å²) in [5, 5.41) is 8.96. The Morgan fingerprint density at radius 3 is 2.86 bits per heavy atom. The normalized spacial score (nSPS) is 16.7. The highest BCUT2D eigenvalue weighted by Crippen LogP contribution is 2.35. The van der Waals surface area contributed by atoms with E-state index >= 15 is 0 Å². The van der Waals surface area contributed by atoms with Gasteiger partial charge in [-0.25, -0.2) is 0 Å². The van der Waals surface area contributed by atoms with Gasteiger partial charge in [0.2, 0.25) is 0 Å². The highest BCUT2D eigenvalue weighted by molar-refractivity contribution is 5.69. The van der Waals surface area contributed by atoms with Crippen molar-refractivity contribution in [2.45, 2.75) is 39.8 Å². The summed E-state index contributed by atoms with van der Waals surface area (Å²) in [6.07, 6.45) is 1.08. The van der Waals surface area contributed by atoms with E-state index in [-0.39, 0.29) is 12.6 Å². The van der Waals surface area contributed by atoms with Gasteiger partial charge in [0.1, 0.15) is 17.6 Å². The lowest BCUT2D eigenvalue weighted by Gasteiger charge is -2.20. The minimum absolute atomic E-state index is 0.0242. The van der Waals surface area contributed by atoms with Gasteiger partial charge < -0.3 is 14.6 Å². The van der Waals surface area contributed by atoms with Crippen LogP contribution in [-0.4, -0.2) is 41.8 Å². The van der Waals surface area contributed by atoms with Crippen molar-refractivity contribution < 1.29 is 19.4 Å². The van der Waals surface area contributed by atoms with Gasteiger partial charge in [-0.3, -0.25) is 9.69 Å². The number of hydrogen-bond donors (Lipinski definition) is 1. The molecule has 1 unspecified atom stereocenters. The van der Waals surface area contributed by atoms with Crippen LogP contribution in [0.25, 0.3) is 0 Å². The zero-order valence-electron chi connectivity index (χ0n) is 12.9. The van der Waals surface area contributed by atoms with Crippen molar-refractivity contribution in [3.63, 3.8) is 0 Å². The summed E-state index contributed by atoms with van der Waals surface area (Å²) in [5.41, 5.74) is 2.14. The fourth-order valence-electron chi connectivity index (χ4n) is 2.61. The smallest absolute Gasteiger partial charge is 0.317 e. The van der Waals surface area contributed by atoms with Gasteiger partial charge in [0, 0.05) is 24.1 Å². The summed E-state index contributed by atoms with van der Waals surface area (Å²) >= 11 is 0. The van der Waals surface area contributed by atoms with Gasteiger partial charge in [-0.2, -0.15) is 0 Å². The van der Waals surface area contributed by atoms with Crippen molar-refractivity contribution in [2.75, 3.05) is 19.7 Å². The van der Waals surface area contributed by atoms with E-state index in [2.05, 4.69) is 0 Å². The van der Waals surface area contributed by atoms with E-state index in [1.807, 2.05) is 37.8 Å². The van der Waals surface area contributed by atoms with Crippen molar-refractivity contribution in [1.29, 1.82) is 0 Å². The summed E-state index contributed by atoms with van der Waals surface area (Å²) in [4.78, 5) is 12.8. The third-order valence-corrected chi connectivity index (χ3v) is 3.58. The Balaban J connectivity index is 2.24. The molecule has 2 rings (SSSR count). The Hall–Kier alpha value is -1.75.